The fourth-order valence-electron chi connectivity index (χ4n) is 8.61. The van der Waals surface area contributed by atoms with Crippen molar-refractivity contribution in [3.8, 4) is 11.5 Å². The fraction of sp³-hybridized carbons (Fsp3) is 0.405. The molecule has 0 spiro atoms. The number of para-hydroxylation sites is 1. The number of aldehydes is 1. The lowest BCUT2D eigenvalue weighted by Gasteiger charge is -2.48. The summed E-state index contributed by atoms with van der Waals surface area (Å²) < 4.78 is 18.8. The summed E-state index contributed by atoms with van der Waals surface area (Å²) in [6.45, 7) is -0.956. The van der Waals surface area contributed by atoms with Gasteiger partial charge in [-0.15, -0.1) is 0 Å². The third-order valence-electron chi connectivity index (χ3n) is 11.7. The molecule has 1 unspecified atom stereocenters. The number of guanidine groups is 1. The second-order valence-corrected chi connectivity index (χ2v) is 15.6. The van der Waals surface area contributed by atoms with E-state index in [-0.39, 0.29) is 89.2 Å². The Balaban J connectivity index is 1.29. The number of quaternary nitrogens is 1. The molecule has 60 heavy (non-hydrogen) atoms. The maximum atomic E-state index is 14.5. The standard InChI is InChI=1S/C42H43N5O13/c43-41-45-38-29(39(56)46-41)44-19-47(38)27-7-3-2-6-21(27)15-22-16-26-28(31(52)25-14-20(17-49)8-9-24(25)30(26)51)36(58-18-23(50)10-13-48)35(22)59-40-34(55)32(53)33(54)37(60-40)42(57)11-4-1-5-12-42/h2-3,6-9,13-14,16,23,32-34,37,40,49-50,53-55,57H,1,4-5,10-12,15,17-19H2,(H2,43,46,56)/p+1/t23-,32-,33-,34+,37-,40+/m1/s1. The van der Waals surface area contributed by atoms with Crippen molar-refractivity contribution in [2.24, 2.45) is 9.98 Å². The van der Waals surface area contributed by atoms with E-state index < -0.39 is 73.1 Å². The highest BCUT2D eigenvalue weighted by atomic mass is 16.7. The molecule has 0 bridgehead atoms. The SMILES string of the molecule is N=C1N=C2C(=NC[NH+]2c2ccccc2Cc2cc3c(c(OC[C@H](O)CC=O)c2O[C@H]2O[C@@H](C4(O)CCCCC4)[C@H](O)[C@@H](O)[C@@H]2O)C(=O)c2cc(CO)ccc2C3=O)C(=O)N1. The number of ketones is 2. The number of nitrogens with one attached hydrogen (secondary N) is 3. The van der Waals surface area contributed by atoms with Crippen molar-refractivity contribution >= 4 is 47.0 Å². The Morgan fingerprint density at radius 1 is 0.950 bits per heavy atom. The van der Waals surface area contributed by atoms with Gasteiger partial charge in [0.05, 0.1) is 23.9 Å². The fourth-order valence-corrected chi connectivity index (χ4v) is 8.61. The number of benzene rings is 3. The van der Waals surface area contributed by atoms with Gasteiger partial charge in [-0.1, -0.05) is 43.5 Å². The number of nitrogens with zero attached hydrogens (tertiary/aromatic N) is 2. The minimum absolute atomic E-state index is 0.0468. The Hall–Kier alpha value is -5.57. The van der Waals surface area contributed by atoms with Gasteiger partial charge in [-0.05, 0) is 42.7 Å². The highest BCUT2D eigenvalue weighted by Gasteiger charge is 2.54. The summed E-state index contributed by atoms with van der Waals surface area (Å²) in [7, 11) is 0. The van der Waals surface area contributed by atoms with Crippen LogP contribution in [0.25, 0.3) is 0 Å². The zero-order valence-corrected chi connectivity index (χ0v) is 32.2. The van der Waals surface area contributed by atoms with E-state index in [4.69, 9.17) is 19.6 Å². The second-order valence-electron chi connectivity index (χ2n) is 15.6. The molecule has 0 radical (unpaired) electrons. The van der Waals surface area contributed by atoms with Gasteiger partial charge in [0.25, 0.3) is 11.7 Å². The van der Waals surface area contributed by atoms with Crippen LogP contribution in [-0.4, -0.2) is 128 Å². The van der Waals surface area contributed by atoms with Gasteiger partial charge in [0.2, 0.25) is 18.0 Å². The van der Waals surface area contributed by atoms with Gasteiger partial charge in [-0.3, -0.25) is 25.1 Å². The lowest BCUT2D eigenvalue weighted by molar-refractivity contribution is -0.723. The van der Waals surface area contributed by atoms with Crippen molar-refractivity contribution in [1.82, 2.24) is 5.32 Å². The van der Waals surface area contributed by atoms with E-state index in [1.54, 1.807) is 24.3 Å². The van der Waals surface area contributed by atoms with Crippen LogP contribution in [0.4, 0.5) is 5.69 Å². The van der Waals surface area contributed by atoms with Crippen molar-refractivity contribution in [3.05, 3.63) is 87.5 Å². The summed E-state index contributed by atoms with van der Waals surface area (Å²) in [5.74, 6) is -2.65. The molecule has 3 aromatic carbocycles. The third kappa shape index (κ3) is 7.34. The van der Waals surface area contributed by atoms with Crippen molar-refractivity contribution < 1.29 is 68.9 Å². The minimum Gasteiger partial charge on any atom is -0.486 e. The number of hydrogen-bond acceptors (Lipinski definition) is 15. The maximum absolute atomic E-state index is 14.5. The van der Waals surface area contributed by atoms with Crippen molar-refractivity contribution in [1.29, 1.82) is 5.41 Å². The predicted molar refractivity (Wildman–Crippen MR) is 209 cm³/mol. The third-order valence-corrected chi connectivity index (χ3v) is 11.7. The van der Waals surface area contributed by atoms with Crippen LogP contribution in [0.1, 0.15) is 87.1 Å². The summed E-state index contributed by atoms with van der Waals surface area (Å²) in [5, 5.41) is 76.4. The molecule has 3 heterocycles. The lowest BCUT2D eigenvalue weighted by atomic mass is 9.76. The van der Waals surface area contributed by atoms with E-state index >= 15 is 0 Å². The number of aliphatic hydroxyl groups is 6. The summed E-state index contributed by atoms with van der Waals surface area (Å²) in [4.78, 5) is 62.1. The molecule has 7 atom stereocenters. The molecule has 1 saturated carbocycles. The first-order chi connectivity index (χ1) is 28.8. The zero-order valence-electron chi connectivity index (χ0n) is 32.2. The quantitative estimate of drug-likeness (QED) is 0.0789. The van der Waals surface area contributed by atoms with E-state index in [1.165, 1.54) is 24.3 Å². The number of carbonyl (C=O) groups excluding carboxylic acids is 4. The summed E-state index contributed by atoms with van der Waals surface area (Å²) in [5.41, 5.74) is -0.278. The Bertz CT molecular complexity index is 2340. The summed E-state index contributed by atoms with van der Waals surface area (Å²) in [6, 6.07) is 12.8. The molecule has 3 aliphatic heterocycles. The number of hydrogen-bond donors (Lipinski definition) is 9. The molecule has 8 rings (SSSR count). The molecule has 1 saturated heterocycles. The van der Waals surface area contributed by atoms with E-state index in [0.717, 1.165) is 6.42 Å². The number of fused-ring (bicyclic) bond motifs is 3. The van der Waals surface area contributed by atoms with Crippen LogP contribution in [0.5, 0.6) is 11.5 Å². The number of rotatable bonds is 12. The van der Waals surface area contributed by atoms with Gasteiger partial charge in [-0.25, -0.2) is 9.89 Å². The van der Waals surface area contributed by atoms with E-state index in [9.17, 15) is 49.8 Å². The smallest absolute Gasteiger partial charge is 0.284 e. The Morgan fingerprint density at radius 2 is 1.72 bits per heavy atom. The molecule has 18 nitrogen and oxygen atoms in total. The average molecular weight is 827 g/mol. The highest BCUT2D eigenvalue weighted by Crippen LogP contribution is 2.46. The van der Waals surface area contributed by atoms with Gasteiger partial charge in [0, 0.05) is 40.7 Å². The van der Waals surface area contributed by atoms with E-state index in [2.05, 4.69) is 15.3 Å². The molecule has 5 aliphatic rings. The van der Waals surface area contributed by atoms with Gasteiger partial charge < -0.3 is 49.6 Å². The maximum Gasteiger partial charge on any atom is 0.284 e. The van der Waals surface area contributed by atoms with Gasteiger partial charge in [0.15, 0.2) is 29.7 Å². The Labute approximate surface area is 342 Å². The molecule has 1 amide bonds. The number of aliphatic hydroxyl groups excluding tert-OH is 5. The summed E-state index contributed by atoms with van der Waals surface area (Å²) >= 11 is 0. The molecule has 9 N–H and O–H groups in total. The molecular weight excluding hydrogens is 782 g/mol. The van der Waals surface area contributed by atoms with Gasteiger partial charge in [-0.2, -0.15) is 4.99 Å². The minimum atomic E-state index is -1.92. The summed E-state index contributed by atoms with van der Waals surface area (Å²) in [6.07, 6.45) is -7.56. The number of aliphatic imine (C=N–C) groups is 2. The van der Waals surface area contributed by atoms with Crippen LogP contribution < -0.4 is 19.7 Å². The molecule has 2 aliphatic carbocycles. The van der Waals surface area contributed by atoms with Crippen LogP contribution in [0.3, 0.4) is 0 Å². The first-order valence-electron chi connectivity index (χ1n) is 19.7. The molecule has 3 aromatic rings. The molecule has 314 valence electrons. The first kappa shape index (κ1) is 41.2. The first-order valence-corrected chi connectivity index (χ1v) is 19.7. The second kappa shape index (κ2) is 16.5. The largest absolute Gasteiger partial charge is 0.486 e. The molecule has 0 aromatic heterocycles. The predicted octanol–water partition coefficient (Wildman–Crippen LogP) is -0.853. The lowest BCUT2D eigenvalue weighted by Crippen LogP contribution is -3.09. The average Bonchev–Trinajstić information content (AvgIpc) is 3.66. The monoisotopic (exact) mass is 826 g/mol. The van der Waals surface area contributed by atoms with E-state index in [1.807, 2.05) is 0 Å². The van der Waals surface area contributed by atoms with Gasteiger partial charge in [0.1, 0.15) is 43.0 Å². The highest BCUT2D eigenvalue weighted by molar-refractivity contribution is 6.68. The van der Waals surface area contributed by atoms with Crippen LogP contribution >= 0.6 is 0 Å². The van der Waals surface area contributed by atoms with Crippen molar-refractivity contribution in [3.63, 3.8) is 0 Å². The van der Waals surface area contributed by atoms with Crippen molar-refractivity contribution in [2.45, 2.75) is 94.0 Å². The van der Waals surface area contributed by atoms with Crippen LogP contribution in [-0.2, 0) is 27.4 Å². The zero-order chi connectivity index (χ0) is 42.5. The molecule has 2 fully saturated rings. The Kier molecular flexibility index (Phi) is 11.3. The number of ether oxygens (including phenoxy) is 3. The normalized spacial score (nSPS) is 26.2. The number of amides is 1. The Morgan fingerprint density at radius 3 is 2.47 bits per heavy atom. The van der Waals surface area contributed by atoms with Crippen LogP contribution in [0.2, 0.25) is 0 Å². The van der Waals surface area contributed by atoms with Crippen LogP contribution in [0, 0.1) is 5.41 Å². The number of carbonyl (C=O) groups is 4. The van der Waals surface area contributed by atoms with Crippen molar-refractivity contribution in [2.75, 3.05) is 13.3 Å². The van der Waals surface area contributed by atoms with Crippen LogP contribution in [0.15, 0.2) is 58.5 Å². The molecular formula is C42H44N5O13+. The number of amidine groups is 1. The van der Waals surface area contributed by atoms with Gasteiger partial charge >= 0.3 is 0 Å². The molecule has 18 heteroatoms. The van der Waals surface area contributed by atoms with E-state index in [0.29, 0.717) is 40.8 Å². The topological polar surface area (TPSA) is 282 Å².